The van der Waals surface area contributed by atoms with Crippen LogP contribution < -0.4 is 11.1 Å². The summed E-state index contributed by atoms with van der Waals surface area (Å²) >= 11 is 0. The van der Waals surface area contributed by atoms with Gasteiger partial charge in [-0.05, 0) is 23.8 Å². The van der Waals surface area contributed by atoms with Crippen LogP contribution in [-0.4, -0.2) is 22.8 Å². The highest BCUT2D eigenvalue weighted by Crippen LogP contribution is 2.32. The van der Waals surface area contributed by atoms with E-state index in [-0.39, 0.29) is 17.7 Å². The second-order valence-electron chi connectivity index (χ2n) is 5.00. The van der Waals surface area contributed by atoms with Crippen molar-refractivity contribution in [3.05, 3.63) is 65.5 Å². The van der Waals surface area contributed by atoms with E-state index in [1.165, 1.54) is 30.5 Å². The van der Waals surface area contributed by atoms with Gasteiger partial charge < -0.3 is 11.1 Å². The van der Waals surface area contributed by atoms with Gasteiger partial charge in [0.05, 0.1) is 5.56 Å². The van der Waals surface area contributed by atoms with E-state index in [1.54, 1.807) is 12.1 Å². The van der Waals surface area contributed by atoms with Crippen LogP contribution in [0.25, 0.3) is 0 Å². The van der Waals surface area contributed by atoms with Crippen LogP contribution in [0.2, 0.25) is 0 Å². The lowest BCUT2D eigenvalue weighted by Crippen LogP contribution is -2.46. The minimum Gasteiger partial charge on any atom is -0.368 e. The number of aromatic nitrogens is 1. The van der Waals surface area contributed by atoms with E-state index in [9.17, 15) is 22.8 Å². The Labute approximate surface area is 135 Å². The Bertz CT molecular complexity index is 733. The second-order valence-corrected chi connectivity index (χ2v) is 5.00. The number of carbonyl (C=O) groups is 2. The molecule has 2 rings (SSSR count). The lowest BCUT2D eigenvalue weighted by Gasteiger charge is -2.18. The van der Waals surface area contributed by atoms with Crippen molar-refractivity contribution in [2.75, 3.05) is 0 Å². The zero-order valence-electron chi connectivity index (χ0n) is 12.4. The lowest BCUT2D eigenvalue weighted by molar-refractivity contribution is -0.138. The van der Waals surface area contributed by atoms with Crippen molar-refractivity contribution in [1.82, 2.24) is 10.3 Å². The molecule has 3 N–H and O–H groups in total. The minimum absolute atomic E-state index is 0.0351. The molecule has 0 radical (unpaired) electrons. The molecule has 0 bridgehead atoms. The third kappa shape index (κ3) is 4.31. The number of amides is 2. The maximum Gasteiger partial charge on any atom is 0.416 e. The number of hydrogen-bond acceptors (Lipinski definition) is 3. The first kappa shape index (κ1) is 17.5. The summed E-state index contributed by atoms with van der Waals surface area (Å²) < 4.78 is 39.0. The topological polar surface area (TPSA) is 85.1 Å². The highest BCUT2D eigenvalue weighted by atomic mass is 19.4. The molecule has 0 fully saturated rings. The molecule has 24 heavy (non-hydrogen) atoms. The molecule has 0 aliphatic rings. The summed E-state index contributed by atoms with van der Waals surface area (Å²) in [5.41, 5.74) is 4.25. The van der Waals surface area contributed by atoms with Gasteiger partial charge >= 0.3 is 6.18 Å². The predicted molar refractivity (Wildman–Crippen MR) is 79.8 cm³/mol. The van der Waals surface area contributed by atoms with Gasteiger partial charge in [-0.1, -0.05) is 24.3 Å². The first-order valence-electron chi connectivity index (χ1n) is 6.95. The fraction of sp³-hybridized carbons (Fsp3) is 0.188. The van der Waals surface area contributed by atoms with Crippen LogP contribution >= 0.6 is 0 Å². The van der Waals surface area contributed by atoms with Gasteiger partial charge in [-0.25, -0.2) is 0 Å². The Balaban J connectivity index is 2.22. The largest absolute Gasteiger partial charge is 0.416 e. The summed E-state index contributed by atoms with van der Waals surface area (Å²) in [6, 6.07) is 8.11. The zero-order chi connectivity index (χ0) is 17.7. The average molecular weight is 337 g/mol. The molecular formula is C16H14F3N3O2. The molecule has 0 aliphatic heterocycles. The van der Waals surface area contributed by atoms with Crippen molar-refractivity contribution in [2.24, 2.45) is 5.73 Å². The number of nitrogens with one attached hydrogen (secondary N) is 1. The molecule has 0 aliphatic carbocycles. The van der Waals surface area contributed by atoms with E-state index in [0.29, 0.717) is 0 Å². The Kier molecular flexibility index (Phi) is 5.18. The maximum atomic E-state index is 13.0. The van der Waals surface area contributed by atoms with E-state index in [0.717, 1.165) is 6.07 Å². The van der Waals surface area contributed by atoms with Gasteiger partial charge in [0.25, 0.3) is 5.91 Å². The summed E-state index contributed by atoms with van der Waals surface area (Å²) in [4.78, 5) is 27.4. The number of rotatable bonds is 5. The Hall–Kier alpha value is -2.90. The smallest absolute Gasteiger partial charge is 0.368 e. The molecule has 8 heteroatoms. The third-order valence-electron chi connectivity index (χ3n) is 3.29. The molecule has 5 nitrogen and oxygen atoms in total. The van der Waals surface area contributed by atoms with E-state index >= 15 is 0 Å². The molecule has 2 amide bonds. The van der Waals surface area contributed by atoms with E-state index in [4.69, 9.17) is 5.73 Å². The van der Waals surface area contributed by atoms with Crippen LogP contribution in [0, 0.1) is 0 Å². The van der Waals surface area contributed by atoms with Crippen molar-refractivity contribution in [3.8, 4) is 0 Å². The molecule has 0 unspecified atom stereocenters. The van der Waals surface area contributed by atoms with Crippen molar-refractivity contribution < 1.29 is 22.8 Å². The number of benzene rings is 1. The van der Waals surface area contributed by atoms with Gasteiger partial charge in [0.2, 0.25) is 5.91 Å². The number of nitrogens with zero attached hydrogens (tertiary/aromatic N) is 1. The van der Waals surface area contributed by atoms with E-state index in [2.05, 4.69) is 10.3 Å². The molecule has 1 aromatic carbocycles. The van der Waals surface area contributed by atoms with Gasteiger partial charge in [-0.2, -0.15) is 13.2 Å². The van der Waals surface area contributed by atoms with Gasteiger partial charge in [0.1, 0.15) is 11.7 Å². The number of pyridine rings is 1. The van der Waals surface area contributed by atoms with Crippen LogP contribution in [0.3, 0.4) is 0 Å². The minimum atomic E-state index is -4.57. The number of alkyl halides is 3. The fourth-order valence-electron chi connectivity index (χ4n) is 2.15. The Morgan fingerprint density at radius 2 is 1.79 bits per heavy atom. The molecule has 1 atom stereocenters. The average Bonchev–Trinajstić information content (AvgIpc) is 2.54. The second kappa shape index (κ2) is 7.12. The van der Waals surface area contributed by atoms with Crippen molar-refractivity contribution in [2.45, 2.75) is 18.6 Å². The fourth-order valence-corrected chi connectivity index (χ4v) is 2.15. The maximum absolute atomic E-state index is 13.0. The molecular weight excluding hydrogens is 323 g/mol. The quantitative estimate of drug-likeness (QED) is 0.874. The SMILES string of the molecule is NC(=O)[C@H](Cc1ccccc1C(F)(F)F)NC(=O)c1ccccn1. The molecule has 0 saturated carbocycles. The third-order valence-corrected chi connectivity index (χ3v) is 3.29. The van der Waals surface area contributed by atoms with Crippen LogP contribution in [0.5, 0.6) is 0 Å². The summed E-state index contributed by atoms with van der Waals surface area (Å²) in [6.45, 7) is 0. The first-order chi connectivity index (χ1) is 11.3. The number of halogens is 3. The molecule has 1 heterocycles. The normalized spacial score (nSPS) is 12.5. The van der Waals surface area contributed by atoms with Gasteiger partial charge in [-0.3, -0.25) is 14.6 Å². The molecule has 1 aromatic heterocycles. The van der Waals surface area contributed by atoms with E-state index < -0.39 is 29.6 Å². The molecule has 2 aromatic rings. The van der Waals surface area contributed by atoms with Crippen LogP contribution in [0.4, 0.5) is 13.2 Å². The molecule has 126 valence electrons. The van der Waals surface area contributed by atoms with Crippen LogP contribution in [-0.2, 0) is 17.4 Å². The Morgan fingerprint density at radius 3 is 2.38 bits per heavy atom. The number of primary amides is 1. The summed E-state index contributed by atoms with van der Waals surface area (Å²) in [6.07, 6.45) is -3.56. The van der Waals surface area contributed by atoms with Crippen LogP contribution in [0.15, 0.2) is 48.7 Å². The standard InChI is InChI=1S/C16H14F3N3O2/c17-16(18,19)11-6-2-1-5-10(11)9-13(14(20)23)22-15(24)12-7-3-4-8-21-12/h1-8,13H,9H2,(H2,20,23)(H,22,24)/t13-/m0/s1. The van der Waals surface area contributed by atoms with Gasteiger partial charge in [0.15, 0.2) is 0 Å². The predicted octanol–water partition coefficient (Wildman–Crippen LogP) is 1.93. The molecule has 0 saturated heterocycles. The van der Waals surface area contributed by atoms with Gasteiger partial charge in [-0.15, -0.1) is 0 Å². The number of hydrogen-bond donors (Lipinski definition) is 2. The van der Waals surface area contributed by atoms with Crippen LogP contribution in [0.1, 0.15) is 21.6 Å². The van der Waals surface area contributed by atoms with Crippen molar-refractivity contribution >= 4 is 11.8 Å². The number of nitrogens with two attached hydrogens (primary N) is 1. The highest BCUT2D eigenvalue weighted by molar-refractivity contribution is 5.95. The summed E-state index contributed by atoms with van der Waals surface area (Å²) in [7, 11) is 0. The monoisotopic (exact) mass is 337 g/mol. The highest BCUT2D eigenvalue weighted by Gasteiger charge is 2.34. The summed E-state index contributed by atoms with van der Waals surface area (Å²) in [5.74, 6) is -1.62. The first-order valence-corrected chi connectivity index (χ1v) is 6.95. The lowest BCUT2D eigenvalue weighted by atomic mass is 9.99. The zero-order valence-corrected chi connectivity index (χ0v) is 12.4. The van der Waals surface area contributed by atoms with E-state index in [1.807, 2.05) is 0 Å². The van der Waals surface area contributed by atoms with Crippen molar-refractivity contribution in [1.29, 1.82) is 0 Å². The van der Waals surface area contributed by atoms with Gasteiger partial charge in [0, 0.05) is 12.6 Å². The summed E-state index contributed by atoms with van der Waals surface area (Å²) in [5, 5.41) is 2.32. The molecule has 0 spiro atoms. The number of carbonyl (C=O) groups excluding carboxylic acids is 2. The van der Waals surface area contributed by atoms with Crippen molar-refractivity contribution in [3.63, 3.8) is 0 Å². The Morgan fingerprint density at radius 1 is 1.12 bits per heavy atom.